The van der Waals surface area contributed by atoms with Gasteiger partial charge in [0.05, 0.1) is 17.7 Å². The number of anilines is 1. The van der Waals surface area contributed by atoms with E-state index in [1.807, 2.05) is 19.1 Å². The second kappa shape index (κ2) is 6.03. The predicted molar refractivity (Wildman–Crippen MR) is 93.6 cm³/mol. The molecule has 0 atom stereocenters. The van der Waals surface area contributed by atoms with E-state index in [4.69, 9.17) is 9.15 Å². The van der Waals surface area contributed by atoms with Crippen LogP contribution < -0.4 is 15.4 Å². The Hall–Kier alpha value is -3.61. The van der Waals surface area contributed by atoms with Crippen molar-refractivity contribution in [3.8, 4) is 5.75 Å². The van der Waals surface area contributed by atoms with E-state index in [-0.39, 0.29) is 16.9 Å². The molecule has 26 heavy (non-hydrogen) atoms. The van der Waals surface area contributed by atoms with Gasteiger partial charge < -0.3 is 14.5 Å². The van der Waals surface area contributed by atoms with Gasteiger partial charge in [0.25, 0.3) is 17.7 Å². The molecule has 0 saturated heterocycles. The SMILES string of the molecule is CCOc1cccc2cc(C(=O)Nc3ccc4c(c3)C(=O)NC4=O)oc12. The molecule has 2 aromatic carbocycles. The van der Waals surface area contributed by atoms with Crippen LogP contribution in [0.2, 0.25) is 0 Å². The zero-order valence-electron chi connectivity index (χ0n) is 13.8. The smallest absolute Gasteiger partial charge is 0.291 e. The lowest BCUT2D eigenvalue weighted by atomic mass is 10.1. The fourth-order valence-electron chi connectivity index (χ4n) is 2.86. The molecule has 1 aliphatic heterocycles. The molecule has 0 aliphatic carbocycles. The average Bonchev–Trinajstić information content (AvgIpc) is 3.18. The number of imide groups is 1. The van der Waals surface area contributed by atoms with Crippen molar-refractivity contribution in [2.75, 3.05) is 11.9 Å². The molecule has 0 unspecified atom stereocenters. The molecule has 7 heteroatoms. The van der Waals surface area contributed by atoms with Gasteiger partial charge in [0.2, 0.25) is 0 Å². The Labute approximate surface area is 147 Å². The summed E-state index contributed by atoms with van der Waals surface area (Å²) in [6, 6.07) is 11.6. The first kappa shape index (κ1) is 15.9. The summed E-state index contributed by atoms with van der Waals surface area (Å²) in [6.07, 6.45) is 0. The van der Waals surface area contributed by atoms with Gasteiger partial charge in [0.1, 0.15) is 0 Å². The summed E-state index contributed by atoms with van der Waals surface area (Å²) in [5.74, 6) is -0.701. The van der Waals surface area contributed by atoms with Gasteiger partial charge in [-0.25, -0.2) is 0 Å². The molecule has 1 aliphatic rings. The Morgan fingerprint density at radius 3 is 2.73 bits per heavy atom. The van der Waals surface area contributed by atoms with Crippen LogP contribution in [0.3, 0.4) is 0 Å². The van der Waals surface area contributed by atoms with E-state index in [1.165, 1.54) is 12.1 Å². The van der Waals surface area contributed by atoms with E-state index in [1.54, 1.807) is 18.2 Å². The van der Waals surface area contributed by atoms with Crippen molar-refractivity contribution in [1.29, 1.82) is 0 Å². The third-order valence-corrected chi connectivity index (χ3v) is 4.03. The van der Waals surface area contributed by atoms with E-state index in [0.29, 0.717) is 23.6 Å². The highest BCUT2D eigenvalue weighted by Crippen LogP contribution is 2.29. The number of fused-ring (bicyclic) bond motifs is 2. The van der Waals surface area contributed by atoms with Crippen molar-refractivity contribution < 1.29 is 23.5 Å². The second-order valence-corrected chi connectivity index (χ2v) is 5.72. The number of amides is 3. The van der Waals surface area contributed by atoms with Crippen molar-refractivity contribution in [2.24, 2.45) is 0 Å². The topological polar surface area (TPSA) is 97.6 Å². The first-order valence-electron chi connectivity index (χ1n) is 8.03. The highest BCUT2D eigenvalue weighted by molar-refractivity contribution is 6.22. The zero-order valence-corrected chi connectivity index (χ0v) is 13.8. The van der Waals surface area contributed by atoms with Crippen LogP contribution in [-0.2, 0) is 0 Å². The first-order valence-corrected chi connectivity index (χ1v) is 8.03. The monoisotopic (exact) mass is 350 g/mol. The lowest BCUT2D eigenvalue weighted by molar-refractivity contribution is 0.0878. The minimum atomic E-state index is -0.480. The molecule has 130 valence electrons. The van der Waals surface area contributed by atoms with E-state index in [2.05, 4.69) is 10.6 Å². The third-order valence-electron chi connectivity index (χ3n) is 4.03. The first-order chi connectivity index (χ1) is 12.6. The van der Waals surface area contributed by atoms with Crippen molar-refractivity contribution in [3.63, 3.8) is 0 Å². The van der Waals surface area contributed by atoms with Crippen molar-refractivity contribution >= 4 is 34.4 Å². The molecule has 1 aromatic heterocycles. The lowest BCUT2D eigenvalue weighted by Gasteiger charge is -2.04. The number of ether oxygens (including phenoxy) is 1. The number of para-hydroxylation sites is 1. The number of furan rings is 1. The highest BCUT2D eigenvalue weighted by atomic mass is 16.5. The molecule has 2 N–H and O–H groups in total. The summed E-state index contributed by atoms with van der Waals surface area (Å²) in [4.78, 5) is 35.8. The maximum Gasteiger partial charge on any atom is 0.291 e. The van der Waals surface area contributed by atoms with Crippen LogP contribution in [0.4, 0.5) is 5.69 Å². The number of benzene rings is 2. The van der Waals surface area contributed by atoms with Crippen LogP contribution in [-0.4, -0.2) is 24.3 Å². The molecule has 3 amide bonds. The van der Waals surface area contributed by atoms with E-state index in [0.717, 1.165) is 5.39 Å². The summed E-state index contributed by atoms with van der Waals surface area (Å²) in [5.41, 5.74) is 1.41. The Balaban J connectivity index is 1.62. The largest absolute Gasteiger partial charge is 0.490 e. The highest BCUT2D eigenvalue weighted by Gasteiger charge is 2.27. The molecule has 0 spiro atoms. The Bertz CT molecular complexity index is 1070. The summed E-state index contributed by atoms with van der Waals surface area (Å²) in [7, 11) is 0. The summed E-state index contributed by atoms with van der Waals surface area (Å²) in [5, 5.41) is 5.63. The van der Waals surface area contributed by atoms with Gasteiger partial charge in [0.15, 0.2) is 17.1 Å². The van der Waals surface area contributed by atoms with Crippen LogP contribution in [0.15, 0.2) is 46.9 Å². The molecular weight excluding hydrogens is 336 g/mol. The Morgan fingerprint density at radius 2 is 1.92 bits per heavy atom. The van der Waals surface area contributed by atoms with Crippen LogP contribution >= 0.6 is 0 Å². The fraction of sp³-hybridized carbons (Fsp3) is 0.105. The van der Waals surface area contributed by atoms with Crippen LogP contribution in [0.5, 0.6) is 5.75 Å². The zero-order chi connectivity index (χ0) is 18.3. The summed E-state index contributed by atoms with van der Waals surface area (Å²) in [6.45, 7) is 2.35. The molecule has 4 rings (SSSR count). The lowest BCUT2D eigenvalue weighted by Crippen LogP contribution is -2.19. The number of carbonyl (C=O) groups is 3. The molecule has 0 saturated carbocycles. The van der Waals surface area contributed by atoms with Gasteiger partial charge in [0, 0.05) is 11.1 Å². The fourth-order valence-corrected chi connectivity index (χ4v) is 2.86. The van der Waals surface area contributed by atoms with Crippen LogP contribution in [0, 0.1) is 0 Å². The molecule has 2 heterocycles. The maximum absolute atomic E-state index is 12.5. The standard InChI is InChI=1S/C19H14N2O5/c1-2-25-14-5-3-4-10-8-15(26-16(10)14)19(24)20-11-6-7-12-13(9-11)18(23)21-17(12)22/h3-9H,2H2,1H3,(H,20,24)(H,21,22,23). The van der Waals surface area contributed by atoms with E-state index >= 15 is 0 Å². The van der Waals surface area contributed by atoms with Crippen molar-refractivity contribution in [3.05, 3.63) is 59.4 Å². The van der Waals surface area contributed by atoms with Gasteiger partial charge in [-0.3, -0.25) is 19.7 Å². The van der Waals surface area contributed by atoms with Gasteiger partial charge in [-0.1, -0.05) is 12.1 Å². The van der Waals surface area contributed by atoms with Gasteiger partial charge in [-0.2, -0.15) is 0 Å². The number of rotatable bonds is 4. The van der Waals surface area contributed by atoms with Crippen molar-refractivity contribution in [1.82, 2.24) is 5.32 Å². The second-order valence-electron chi connectivity index (χ2n) is 5.72. The molecule has 7 nitrogen and oxygen atoms in total. The Morgan fingerprint density at radius 1 is 1.12 bits per heavy atom. The molecule has 0 bridgehead atoms. The molecule has 0 radical (unpaired) electrons. The van der Waals surface area contributed by atoms with E-state index in [9.17, 15) is 14.4 Å². The van der Waals surface area contributed by atoms with Crippen LogP contribution in [0.25, 0.3) is 11.0 Å². The van der Waals surface area contributed by atoms with Gasteiger partial charge in [-0.15, -0.1) is 0 Å². The predicted octanol–water partition coefficient (Wildman–Crippen LogP) is 2.97. The quantitative estimate of drug-likeness (QED) is 0.705. The molecular formula is C19H14N2O5. The van der Waals surface area contributed by atoms with Crippen molar-refractivity contribution in [2.45, 2.75) is 6.92 Å². The van der Waals surface area contributed by atoms with Gasteiger partial charge in [-0.05, 0) is 37.3 Å². The Kier molecular flexibility index (Phi) is 3.69. The number of carbonyl (C=O) groups excluding carboxylic acids is 3. The van der Waals surface area contributed by atoms with E-state index < -0.39 is 17.7 Å². The number of nitrogens with one attached hydrogen (secondary N) is 2. The molecule has 0 fully saturated rings. The summed E-state index contributed by atoms with van der Waals surface area (Å²) >= 11 is 0. The van der Waals surface area contributed by atoms with Crippen LogP contribution in [0.1, 0.15) is 38.2 Å². The molecule has 3 aromatic rings. The van der Waals surface area contributed by atoms with Gasteiger partial charge >= 0.3 is 0 Å². The number of hydrogen-bond donors (Lipinski definition) is 2. The minimum absolute atomic E-state index is 0.119. The third kappa shape index (κ3) is 2.59. The summed E-state index contributed by atoms with van der Waals surface area (Å²) < 4.78 is 11.1. The maximum atomic E-state index is 12.5. The minimum Gasteiger partial charge on any atom is -0.490 e. The average molecular weight is 350 g/mol. The normalized spacial score (nSPS) is 12.8. The number of hydrogen-bond acceptors (Lipinski definition) is 5.